The molecule has 0 atom stereocenters. The van der Waals surface area contributed by atoms with Gasteiger partial charge in [0, 0.05) is 10.6 Å². The van der Waals surface area contributed by atoms with Gasteiger partial charge in [-0.2, -0.15) is 4.98 Å². The van der Waals surface area contributed by atoms with Crippen LogP contribution in [0.15, 0.2) is 29.2 Å². The van der Waals surface area contributed by atoms with E-state index in [2.05, 4.69) is 11.6 Å². The fourth-order valence-corrected chi connectivity index (χ4v) is 1.67. The zero-order valence-corrected chi connectivity index (χ0v) is 9.04. The molecular weight excluding hydrogens is 214 g/mol. The number of allylic oxidation sites excluding steroid dienone is 1. The number of hydrogen-bond acceptors (Lipinski definition) is 3. The van der Waals surface area contributed by atoms with Gasteiger partial charge < -0.3 is 9.15 Å². The summed E-state index contributed by atoms with van der Waals surface area (Å²) in [4.78, 5) is 4.13. The summed E-state index contributed by atoms with van der Waals surface area (Å²) >= 11 is 5.96. The molecule has 0 aliphatic carbocycles. The first kappa shape index (κ1) is 10.1. The summed E-state index contributed by atoms with van der Waals surface area (Å²) in [6, 6.07) is 3.59. The van der Waals surface area contributed by atoms with Crippen LogP contribution in [0.2, 0.25) is 5.02 Å². The number of halogens is 1. The molecular formula is C11H10ClNO2. The molecule has 0 aliphatic rings. The highest BCUT2D eigenvalue weighted by molar-refractivity contribution is 6.31. The Labute approximate surface area is 92.3 Å². The van der Waals surface area contributed by atoms with Gasteiger partial charge in [-0.1, -0.05) is 17.7 Å². The van der Waals surface area contributed by atoms with Gasteiger partial charge in [0.05, 0.1) is 7.11 Å². The smallest absolute Gasteiger partial charge is 0.394 e. The normalized spacial score (nSPS) is 10.5. The highest BCUT2D eigenvalue weighted by atomic mass is 35.5. The van der Waals surface area contributed by atoms with Crippen molar-refractivity contribution in [3.8, 4) is 6.08 Å². The first-order chi connectivity index (χ1) is 7.24. The summed E-state index contributed by atoms with van der Waals surface area (Å²) < 4.78 is 10.3. The monoisotopic (exact) mass is 223 g/mol. The van der Waals surface area contributed by atoms with Crippen LogP contribution in [0.3, 0.4) is 0 Å². The molecule has 78 valence electrons. The molecule has 2 aromatic rings. The van der Waals surface area contributed by atoms with Crippen molar-refractivity contribution in [2.75, 3.05) is 7.11 Å². The van der Waals surface area contributed by atoms with Gasteiger partial charge in [0.15, 0.2) is 5.58 Å². The lowest BCUT2D eigenvalue weighted by Gasteiger charge is -1.97. The van der Waals surface area contributed by atoms with E-state index in [-0.39, 0.29) is 6.08 Å². The van der Waals surface area contributed by atoms with Crippen LogP contribution in [0, 0.1) is 0 Å². The first-order valence-corrected chi connectivity index (χ1v) is 4.86. The Bertz CT molecular complexity index is 505. The largest absolute Gasteiger partial charge is 0.453 e. The van der Waals surface area contributed by atoms with E-state index >= 15 is 0 Å². The van der Waals surface area contributed by atoms with Gasteiger partial charge in [0.1, 0.15) is 5.52 Å². The van der Waals surface area contributed by atoms with Gasteiger partial charge in [-0.05, 0) is 18.6 Å². The fraction of sp³-hybridized carbons (Fsp3) is 0.182. The Morgan fingerprint density at radius 2 is 2.40 bits per heavy atom. The van der Waals surface area contributed by atoms with Crippen molar-refractivity contribution >= 4 is 22.7 Å². The summed E-state index contributed by atoms with van der Waals surface area (Å²) in [6.45, 7) is 3.68. The van der Waals surface area contributed by atoms with Gasteiger partial charge in [-0.15, -0.1) is 6.58 Å². The lowest BCUT2D eigenvalue weighted by atomic mass is 10.1. The Morgan fingerprint density at radius 3 is 3.07 bits per heavy atom. The molecule has 0 saturated carbocycles. The van der Waals surface area contributed by atoms with Crippen molar-refractivity contribution in [2.24, 2.45) is 0 Å². The van der Waals surface area contributed by atoms with Crippen LogP contribution in [-0.2, 0) is 6.42 Å². The molecule has 0 aliphatic heterocycles. The van der Waals surface area contributed by atoms with Crippen molar-refractivity contribution in [1.82, 2.24) is 4.98 Å². The van der Waals surface area contributed by atoms with Crippen molar-refractivity contribution in [1.29, 1.82) is 0 Å². The van der Waals surface area contributed by atoms with Crippen LogP contribution in [0.25, 0.3) is 11.1 Å². The molecule has 0 saturated heterocycles. The van der Waals surface area contributed by atoms with E-state index < -0.39 is 0 Å². The molecule has 15 heavy (non-hydrogen) atoms. The summed E-state index contributed by atoms with van der Waals surface area (Å²) in [5.74, 6) is 0. The van der Waals surface area contributed by atoms with E-state index in [1.807, 2.05) is 6.07 Å². The number of rotatable bonds is 3. The summed E-state index contributed by atoms with van der Waals surface area (Å²) in [6.07, 6.45) is 2.73. The quantitative estimate of drug-likeness (QED) is 0.750. The standard InChI is InChI=1S/C11H10ClNO2/c1-3-4-7-5-8(12)6-9-10(7)15-11(13-9)14-2/h3,5-6H,1,4H2,2H3. The molecule has 0 bridgehead atoms. The minimum atomic E-state index is 0.248. The average molecular weight is 224 g/mol. The molecule has 0 fully saturated rings. The predicted octanol–water partition coefficient (Wildman–Crippen LogP) is 3.22. The van der Waals surface area contributed by atoms with Crippen LogP contribution >= 0.6 is 11.6 Å². The molecule has 2 rings (SSSR count). The predicted molar refractivity (Wildman–Crippen MR) is 59.5 cm³/mol. The Kier molecular flexibility index (Phi) is 2.64. The Balaban J connectivity index is 2.66. The summed E-state index contributed by atoms with van der Waals surface area (Å²) in [7, 11) is 1.51. The highest BCUT2D eigenvalue weighted by Crippen LogP contribution is 2.27. The van der Waals surface area contributed by atoms with Crippen molar-refractivity contribution in [3.05, 3.63) is 35.4 Å². The van der Waals surface area contributed by atoms with Crippen molar-refractivity contribution < 1.29 is 9.15 Å². The summed E-state index contributed by atoms with van der Waals surface area (Å²) in [5.41, 5.74) is 2.37. The number of aromatic nitrogens is 1. The Hall–Kier alpha value is -1.48. The third-order valence-electron chi connectivity index (χ3n) is 2.05. The van der Waals surface area contributed by atoms with E-state index in [0.29, 0.717) is 22.5 Å². The second-order valence-corrected chi connectivity index (χ2v) is 3.53. The zero-order valence-electron chi connectivity index (χ0n) is 8.29. The SMILES string of the molecule is C=CCc1cc(Cl)cc2nc(OC)oc12. The molecule has 4 heteroatoms. The number of methoxy groups -OCH3 is 1. The van der Waals surface area contributed by atoms with Crippen LogP contribution < -0.4 is 4.74 Å². The maximum absolute atomic E-state index is 5.96. The number of fused-ring (bicyclic) bond motifs is 1. The number of hydrogen-bond donors (Lipinski definition) is 0. The average Bonchev–Trinajstić information content (AvgIpc) is 2.61. The van der Waals surface area contributed by atoms with E-state index in [0.717, 1.165) is 5.56 Å². The Morgan fingerprint density at radius 1 is 1.60 bits per heavy atom. The van der Waals surface area contributed by atoms with Crippen LogP contribution in [0.1, 0.15) is 5.56 Å². The van der Waals surface area contributed by atoms with E-state index in [4.69, 9.17) is 20.8 Å². The van der Waals surface area contributed by atoms with Gasteiger partial charge >= 0.3 is 6.08 Å². The number of ether oxygens (including phenoxy) is 1. The third-order valence-corrected chi connectivity index (χ3v) is 2.27. The topological polar surface area (TPSA) is 35.3 Å². The molecule has 0 N–H and O–H groups in total. The van der Waals surface area contributed by atoms with Gasteiger partial charge in [-0.3, -0.25) is 0 Å². The lowest BCUT2D eigenvalue weighted by Crippen LogP contribution is -1.82. The van der Waals surface area contributed by atoms with Gasteiger partial charge in [-0.25, -0.2) is 0 Å². The van der Waals surface area contributed by atoms with E-state index in [1.54, 1.807) is 12.1 Å². The molecule has 0 radical (unpaired) electrons. The molecule has 0 spiro atoms. The van der Waals surface area contributed by atoms with Crippen molar-refractivity contribution in [3.63, 3.8) is 0 Å². The molecule has 3 nitrogen and oxygen atoms in total. The van der Waals surface area contributed by atoms with E-state index in [1.165, 1.54) is 7.11 Å². The highest BCUT2D eigenvalue weighted by Gasteiger charge is 2.10. The number of nitrogens with zero attached hydrogens (tertiary/aromatic N) is 1. The first-order valence-electron chi connectivity index (χ1n) is 4.48. The fourth-order valence-electron chi connectivity index (χ4n) is 1.44. The van der Waals surface area contributed by atoms with E-state index in [9.17, 15) is 0 Å². The number of benzene rings is 1. The maximum atomic E-state index is 5.96. The second-order valence-electron chi connectivity index (χ2n) is 3.09. The minimum absolute atomic E-state index is 0.248. The molecule has 0 amide bonds. The molecule has 1 aromatic heterocycles. The second kappa shape index (κ2) is 3.95. The summed E-state index contributed by atoms with van der Waals surface area (Å²) in [5, 5.41) is 0.635. The number of oxazole rings is 1. The zero-order chi connectivity index (χ0) is 10.8. The van der Waals surface area contributed by atoms with Gasteiger partial charge in [0.2, 0.25) is 0 Å². The van der Waals surface area contributed by atoms with Crippen LogP contribution in [0.5, 0.6) is 6.08 Å². The molecule has 0 unspecified atom stereocenters. The van der Waals surface area contributed by atoms with Gasteiger partial charge in [0.25, 0.3) is 0 Å². The van der Waals surface area contributed by atoms with Crippen LogP contribution in [-0.4, -0.2) is 12.1 Å². The minimum Gasteiger partial charge on any atom is -0.453 e. The van der Waals surface area contributed by atoms with Crippen LogP contribution in [0.4, 0.5) is 0 Å². The molecule has 1 heterocycles. The maximum Gasteiger partial charge on any atom is 0.394 e. The molecule has 1 aromatic carbocycles. The lowest BCUT2D eigenvalue weighted by molar-refractivity contribution is 0.299. The third kappa shape index (κ3) is 1.83. The van der Waals surface area contributed by atoms with Crippen molar-refractivity contribution in [2.45, 2.75) is 6.42 Å².